The van der Waals surface area contributed by atoms with Crippen LogP contribution in [-0.2, 0) is 4.74 Å². The molecule has 0 aromatic rings. The molecule has 1 aliphatic heterocycles. The Morgan fingerprint density at radius 1 is 1.71 bits per heavy atom. The van der Waals surface area contributed by atoms with Gasteiger partial charge in [-0.05, 0) is 0 Å². The molecule has 1 aliphatic rings. The van der Waals surface area contributed by atoms with Crippen LogP contribution in [0.5, 0.6) is 0 Å². The minimum Gasteiger partial charge on any atom is -0.376 e. The summed E-state index contributed by atoms with van der Waals surface area (Å²) >= 11 is 0. The molecule has 0 aliphatic carbocycles. The van der Waals surface area contributed by atoms with Crippen LogP contribution >= 0.6 is 0 Å². The molecular weight excluding hydrogens is 97.0 g/mol. The second-order valence-corrected chi connectivity index (χ2v) is 1.42. The maximum absolute atomic E-state index is 11.9. The number of ether oxygens (including phenoxy) is 1. The molecule has 1 unspecified atom stereocenters. The lowest BCUT2D eigenvalue weighted by Gasteiger charge is -2.13. The van der Waals surface area contributed by atoms with Gasteiger partial charge >= 0.3 is 0 Å². The van der Waals surface area contributed by atoms with E-state index in [0.717, 1.165) is 0 Å². The first-order valence-corrected chi connectivity index (χ1v) is 2.28. The molecule has 2 nitrogen and oxygen atoms in total. The van der Waals surface area contributed by atoms with Gasteiger partial charge in [-0.3, -0.25) is 0 Å². The molecule has 1 rings (SSSR count). The molecule has 0 saturated carbocycles. The van der Waals surface area contributed by atoms with Crippen molar-refractivity contribution in [3.8, 4) is 0 Å². The third-order valence-corrected chi connectivity index (χ3v) is 0.818. The van der Waals surface area contributed by atoms with Crippen LogP contribution in [0.1, 0.15) is 0 Å². The summed E-state index contributed by atoms with van der Waals surface area (Å²) in [5, 5.41) is 3.54. The van der Waals surface area contributed by atoms with Crippen LogP contribution in [0, 0.1) is 0 Å². The summed E-state index contributed by atoms with van der Waals surface area (Å²) in [5.74, 6) is 0. The lowest BCUT2D eigenvalue weighted by molar-refractivity contribution is 0.0258. The number of morpholine rings is 1. The summed E-state index contributed by atoms with van der Waals surface area (Å²) < 4.78 is 16.6. The minimum absolute atomic E-state index is 0.153. The quantitative estimate of drug-likeness (QED) is 0.394. The summed E-state index contributed by atoms with van der Waals surface area (Å²) in [7, 11) is 0. The predicted octanol–water partition coefficient (Wildman–Crippen LogP) is -0.0834. The number of halogens is 1. The van der Waals surface area contributed by atoms with E-state index in [4.69, 9.17) is 4.74 Å². The highest BCUT2D eigenvalue weighted by atomic mass is 19.1. The molecule has 41 valence electrons. The topological polar surface area (TPSA) is 23.3 Å². The Labute approximate surface area is 41.7 Å². The zero-order chi connectivity index (χ0) is 5.11. The highest BCUT2D eigenvalue weighted by molar-refractivity contribution is 4.55. The van der Waals surface area contributed by atoms with Gasteiger partial charge in [0.25, 0.3) is 0 Å². The Bertz CT molecular complexity index is 53.7. The van der Waals surface area contributed by atoms with Gasteiger partial charge < -0.3 is 4.74 Å². The van der Waals surface area contributed by atoms with Gasteiger partial charge in [-0.1, -0.05) is 0 Å². The fraction of sp³-hybridized carbons (Fsp3) is 1.00. The lowest BCUT2D eigenvalue weighted by Crippen LogP contribution is -2.32. The summed E-state index contributed by atoms with van der Waals surface area (Å²) in [4.78, 5) is 0. The largest absolute Gasteiger partial charge is 0.376 e. The van der Waals surface area contributed by atoms with E-state index in [2.05, 4.69) is 5.32 Å². The Kier molecular flexibility index (Phi) is 1.59. The third kappa shape index (κ3) is 1.41. The number of alkyl halides is 1. The van der Waals surface area contributed by atoms with E-state index in [1.165, 1.54) is 0 Å². The second kappa shape index (κ2) is 2.23. The van der Waals surface area contributed by atoms with Gasteiger partial charge in [-0.2, -0.15) is 0 Å². The Hall–Kier alpha value is -0.150. The van der Waals surface area contributed by atoms with E-state index < -0.39 is 6.30 Å². The Morgan fingerprint density at radius 3 is 2.86 bits per heavy atom. The van der Waals surface area contributed by atoms with Gasteiger partial charge in [-0.25, -0.2) is 9.71 Å². The number of rotatable bonds is 0. The zero-order valence-corrected chi connectivity index (χ0v) is 3.93. The molecule has 0 amide bonds. The Morgan fingerprint density at radius 2 is 2.57 bits per heavy atom. The van der Waals surface area contributed by atoms with Crippen molar-refractivity contribution < 1.29 is 9.13 Å². The van der Waals surface area contributed by atoms with Gasteiger partial charge in [0.1, 0.15) is 0 Å². The summed E-state index contributed by atoms with van der Waals surface area (Å²) in [6, 6.07) is 0. The van der Waals surface area contributed by atoms with Crippen molar-refractivity contribution in [2.45, 2.75) is 6.30 Å². The summed E-state index contributed by atoms with van der Waals surface area (Å²) in [5.41, 5.74) is 0. The number of nitrogens with zero attached hydrogens (tertiary/aromatic N) is 1. The van der Waals surface area contributed by atoms with Crippen molar-refractivity contribution in [1.29, 1.82) is 0 Å². The van der Waals surface area contributed by atoms with Crippen LogP contribution in [-0.4, -0.2) is 26.1 Å². The normalized spacial score (nSPS) is 33.0. The van der Waals surface area contributed by atoms with Gasteiger partial charge in [0, 0.05) is 6.54 Å². The average molecular weight is 104 g/mol. The van der Waals surface area contributed by atoms with Crippen LogP contribution in [0.3, 0.4) is 0 Å². The first kappa shape index (κ1) is 5.00. The Balaban J connectivity index is 2.12. The van der Waals surface area contributed by atoms with Gasteiger partial charge in [-0.15, -0.1) is 0 Å². The monoisotopic (exact) mass is 104 g/mol. The van der Waals surface area contributed by atoms with E-state index in [0.29, 0.717) is 13.2 Å². The molecule has 0 bridgehead atoms. The van der Waals surface area contributed by atoms with Crippen molar-refractivity contribution in [3.63, 3.8) is 0 Å². The van der Waals surface area contributed by atoms with Crippen molar-refractivity contribution in [2.24, 2.45) is 0 Å². The molecule has 1 saturated heterocycles. The smallest absolute Gasteiger partial charge is 0.189 e. The van der Waals surface area contributed by atoms with Gasteiger partial charge in [0.05, 0.1) is 13.2 Å². The first-order chi connectivity index (χ1) is 3.39. The molecule has 3 heteroatoms. The average Bonchev–Trinajstić information content (AvgIpc) is 1.69. The fourth-order valence-corrected chi connectivity index (χ4v) is 0.491. The lowest BCUT2D eigenvalue weighted by atomic mass is 10.5. The molecule has 7 heavy (non-hydrogen) atoms. The predicted molar refractivity (Wildman–Crippen MR) is 22.7 cm³/mol. The van der Waals surface area contributed by atoms with Crippen LogP contribution in [0.4, 0.5) is 4.39 Å². The third-order valence-electron chi connectivity index (χ3n) is 0.818. The maximum Gasteiger partial charge on any atom is 0.189 e. The molecule has 1 fully saturated rings. The highest BCUT2D eigenvalue weighted by Crippen LogP contribution is 1.93. The van der Waals surface area contributed by atoms with Crippen molar-refractivity contribution in [3.05, 3.63) is 0 Å². The molecule has 0 N–H and O–H groups in total. The van der Waals surface area contributed by atoms with Crippen molar-refractivity contribution >= 4 is 0 Å². The summed E-state index contributed by atoms with van der Waals surface area (Å²) in [6.07, 6.45) is -1.06. The minimum atomic E-state index is -1.06. The molecule has 0 spiro atoms. The van der Waals surface area contributed by atoms with E-state index in [-0.39, 0.29) is 6.61 Å². The highest BCUT2D eigenvalue weighted by Gasteiger charge is 2.10. The van der Waals surface area contributed by atoms with Crippen LogP contribution < -0.4 is 5.32 Å². The zero-order valence-electron chi connectivity index (χ0n) is 3.93. The van der Waals surface area contributed by atoms with E-state index >= 15 is 0 Å². The van der Waals surface area contributed by atoms with E-state index in [1.54, 1.807) is 0 Å². The first-order valence-electron chi connectivity index (χ1n) is 2.28. The van der Waals surface area contributed by atoms with Crippen LogP contribution in [0.25, 0.3) is 0 Å². The molecule has 1 radical (unpaired) electrons. The van der Waals surface area contributed by atoms with Gasteiger partial charge in [0.2, 0.25) is 0 Å². The molecule has 0 aromatic carbocycles. The maximum atomic E-state index is 11.9. The van der Waals surface area contributed by atoms with Crippen LogP contribution in [0.2, 0.25) is 0 Å². The van der Waals surface area contributed by atoms with E-state index in [9.17, 15) is 4.39 Å². The standard InChI is InChI=1S/C4H7FNO/c5-4-3-7-2-1-6-4/h4H,1-3H2. The summed E-state index contributed by atoms with van der Waals surface area (Å²) in [6.45, 7) is 1.25. The SMILES string of the molecule is FC1COCC[N]1. The van der Waals surface area contributed by atoms with Crippen LogP contribution in [0.15, 0.2) is 0 Å². The van der Waals surface area contributed by atoms with Crippen molar-refractivity contribution in [1.82, 2.24) is 5.32 Å². The molecule has 0 aromatic heterocycles. The molecule has 1 atom stereocenters. The van der Waals surface area contributed by atoms with Crippen molar-refractivity contribution in [2.75, 3.05) is 19.8 Å². The fourth-order valence-electron chi connectivity index (χ4n) is 0.491. The van der Waals surface area contributed by atoms with E-state index in [1.807, 2.05) is 0 Å². The molecule has 1 heterocycles. The molecular formula is C4H7FNO. The number of hydrogen-bond acceptors (Lipinski definition) is 1. The van der Waals surface area contributed by atoms with Gasteiger partial charge in [0.15, 0.2) is 6.30 Å². The second-order valence-electron chi connectivity index (χ2n) is 1.42. The number of hydrogen-bond donors (Lipinski definition) is 0.